The quantitative estimate of drug-likeness (QED) is 0.775. The maximum Gasteiger partial charge on any atom is 0.258 e. The van der Waals surface area contributed by atoms with E-state index in [4.69, 9.17) is 23.2 Å². The molecule has 0 unspecified atom stereocenters. The van der Waals surface area contributed by atoms with Crippen LogP contribution in [-0.2, 0) is 6.54 Å². The first-order valence-electron chi connectivity index (χ1n) is 8.99. The number of nitrogens with zero attached hydrogens (tertiary/aromatic N) is 4. The van der Waals surface area contributed by atoms with Crippen LogP contribution in [0.5, 0.6) is 0 Å². The molecule has 5 nitrogen and oxygen atoms in total. The molecule has 1 aliphatic rings. The summed E-state index contributed by atoms with van der Waals surface area (Å²) >= 11 is 12.8. The van der Waals surface area contributed by atoms with Gasteiger partial charge < -0.3 is 4.90 Å². The summed E-state index contributed by atoms with van der Waals surface area (Å²) in [5, 5.41) is 5.52. The highest BCUT2D eigenvalue weighted by atomic mass is 35.5. The van der Waals surface area contributed by atoms with Crippen LogP contribution in [0.15, 0.2) is 24.3 Å². The van der Waals surface area contributed by atoms with Gasteiger partial charge in [0.15, 0.2) is 0 Å². The molecule has 0 saturated carbocycles. The van der Waals surface area contributed by atoms with Gasteiger partial charge in [0.25, 0.3) is 5.91 Å². The molecule has 2 heterocycles. The standard InChI is InChI=1S/C19H24Cl2N4O/c1-3-8-23-9-11-24(12-10-23)19(26)17-14(2)22-25(18(17)21)13-15-6-4-5-7-16(15)20/h4-7H,3,8-13H2,1-2H3. The number of carbonyl (C=O) groups excluding carboxylic acids is 1. The number of benzene rings is 1. The van der Waals surface area contributed by atoms with Gasteiger partial charge >= 0.3 is 0 Å². The van der Waals surface area contributed by atoms with Crippen molar-refractivity contribution >= 4 is 29.1 Å². The molecule has 0 radical (unpaired) electrons. The van der Waals surface area contributed by atoms with E-state index in [1.54, 1.807) is 4.68 Å². The van der Waals surface area contributed by atoms with Gasteiger partial charge in [-0.3, -0.25) is 9.69 Å². The van der Waals surface area contributed by atoms with Gasteiger partial charge in [-0.2, -0.15) is 5.10 Å². The Hall–Kier alpha value is -1.56. The average molecular weight is 395 g/mol. The van der Waals surface area contributed by atoms with Crippen molar-refractivity contribution in [3.8, 4) is 0 Å². The lowest BCUT2D eigenvalue weighted by molar-refractivity contribution is 0.0637. The summed E-state index contributed by atoms with van der Waals surface area (Å²) < 4.78 is 1.65. The monoisotopic (exact) mass is 394 g/mol. The van der Waals surface area contributed by atoms with Crippen LogP contribution in [0.25, 0.3) is 0 Å². The summed E-state index contributed by atoms with van der Waals surface area (Å²) in [5.74, 6) is -0.0333. The van der Waals surface area contributed by atoms with Crippen LogP contribution in [0.2, 0.25) is 10.2 Å². The van der Waals surface area contributed by atoms with Gasteiger partial charge in [0, 0.05) is 31.2 Å². The number of hydrogen-bond donors (Lipinski definition) is 0. The first-order valence-corrected chi connectivity index (χ1v) is 9.74. The normalized spacial score (nSPS) is 15.5. The lowest BCUT2D eigenvalue weighted by Crippen LogP contribution is -2.48. The van der Waals surface area contributed by atoms with E-state index >= 15 is 0 Å². The Balaban J connectivity index is 1.76. The summed E-state index contributed by atoms with van der Waals surface area (Å²) in [5.41, 5.74) is 2.08. The number of hydrogen-bond acceptors (Lipinski definition) is 3. The van der Waals surface area contributed by atoms with E-state index in [0.29, 0.717) is 28.0 Å². The topological polar surface area (TPSA) is 41.4 Å². The molecule has 1 aromatic carbocycles. The highest BCUT2D eigenvalue weighted by molar-refractivity contribution is 6.33. The molecule has 0 atom stereocenters. The zero-order valence-corrected chi connectivity index (χ0v) is 16.7. The second kappa shape index (κ2) is 8.42. The third-order valence-corrected chi connectivity index (χ3v) is 5.51. The lowest BCUT2D eigenvalue weighted by atomic mass is 10.2. The van der Waals surface area contributed by atoms with Gasteiger partial charge in [-0.15, -0.1) is 0 Å². The van der Waals surface area contributed by atoms with E-state index in [1.165, 1.54) is 0 Å². The molecule has 1 fully saturated rings. The first-order chi connectivity index (χ1) is 12.5. The van der Waals surface area contributed by atoms with Crippen molar-refractivity contribution in [1.82, 2.24) is 19.6 Å². The smallest absolute Gasteiger partial charge is 0.258 e. The van der Waals surface area contributed by atoms with Crippen LogP contribution in [0.1, 0.15) is 35.0 Å². The summed E-state index contributed by atoms with van der Waals surface area (Å²) in [6.07, 6.45) is 1.13. The number of piperazine rings is 1. The molecule has 26 heavy (non-hydrogen) atoms. The predicted molar refractivity (Wildman–Crippen MR) is 105 cm³/mol. The minimum Gasteiger partial charge on any atom is -0.336 e. The number of rotatable bonds is 5. The van der Waals surface area contributed by atoms with Crippen LogP contribution in [0.4, 0.5) is 0 Å². The van der Waals surface area contributed by atoms with E-state index in [2.05, 4.69) is 16.9 Å². The molecule has 1 amide bonds. The minimum absolute atomic E-state index is 0.0333. The molecule has 0 N–H and O–H groups in total. The molecule has 2 aromatic rings. The SMILES string of the molecule is CCCN1CCN(C(=O)c2c(C)nn(Cc3ccccc3Cl)c2Cl)CC1. The van der Waals surface area contributed by atoms with Gasteiger partial charge in [0.1, 0.15) is 5.15 Å². The fraction of sp³-hybridized carbons (Fsp3) is 0.474. The summed E-state index contributed by atoms with van der Waals surface area (Å²) in [7, 11) is 0. The Morgan fingerprint density at radius 1 is 1.15 bits per heavy atom. The summed E-state index contributed by atoms with van der Waals surface area (Å²) in [6.45, 7) is 8.79. The highest BCUT2D eigenvalue weighted by Gasteiger charge is 2.27. The Bertz CT molecular complexity index is 782. The molecule has 0 bridgehead atoms. The second-order valence-electron chi connectivity index (χ2n) is 6.63. The number of aromatic nitrogens is 2. The molecular formula is C19H24Cl2N4O. The third kappa shape index (κ3) is 4.05. The Kier molecular flexibility index (Phi) is 6.22. The maximum absolute atomic E-state index is 13.0. The van der Waals surface area contributed by atoms with Crippen molar-refractivity contribution in [2.24, 2.45) is 0 Å². The third-order valence-electron chi connectivity index (χ3n) is 4.76. The Morgan fingerprint density at radius 2 is 1.85 bits per heavy atom. The van der Waals surface area contributed by atoms with E-state index < -0.39 is 0 Å². The first kappa shape index (κ1) is 19.2. The van der Waals surface area contributed by atoms with Crippen molar-refractivity contribution < 1.29 is 4.79 Å². The van der Waals surface area contributed by atoms with Gasteiger partial charge in [-0.25, -0.2) is 4.68 Å². The van der Waals surface area contributed by atoms with Crippen LogP contribution in [0.3, 0.4) is 0 Å². The highest BCUT2D eigenvalue weighted by Crippen LogP contribution is 2.25. The molecule has 1 aliphatic heterocycles. The van der Waals surface area contributed by atoms with Gasteiger partial charge in [-0.1, -0.05) is 48.3 Å². The molecule has 3 rings (SSSR count). The predicted octanol–water partition coefficient (Wildman–Crippen LogP) is 3.71. The number of amides is 1. The van der Waals surface area contributed by atoms with Crippen molar-refractivity contribution in [2.45, 2.75) is 26.8 Å². The van der Waals surface area contributed by atoms with E-state index in [0.717, 1.165) is 44.7 Å². The van der Waals surface area contributed by atoms with Crippen molar-refractivity contribution in [3.63, 3.8) is 0 Å². The molecule has 0 aliphatic carbocycles. The minimum atomic E-state index is -0.0333. The summed E-state index contributed by atoms with van der Waals surface area (Å²) in [6, 6.07) is 7.58. The number of aryl methyl sites for hydroxylation is 1. The lowest BCUT2D eigenvalue weighted by Gasteiger charge is -2.34. The fourth-order valence-corrected chi connectivity index (χ4v) is 3.85. The van der Waals surface area contributed by atoms with Crippen LogP contribution in [0, 0.1) is 6.92 Å². The van der Waals surface area contributed by atoms with Crippen molar-refractivity contribution in [1.29, 1.82) is 0 Å². The van der Waals surface area contributed by atoms with Crippen LogP contribution < -0.4 is 0 Å². The number of halogens is 2. The van der Waals surface area contributed by atoms with E-state index in [1.807, 2.05) is 36.1 Å². The van der Waals surface area contributed by atoms with E-state index in [9.17, 15) is 4.79 Å². The van der Waals surface area contributed by atoms with E-state index in [-0.39, 0.29) is 5.91 Å². The Labute approximate surface area is 164 Å². The zero-order valence-electron chi connectivity index (χ0n) is 15.2. The maximum atomic E-state index is 13.0. The van der Waals surface area contributed by atoms with Crippen LogP contribution in [-0.4, -0.2) is 58.2 Å². The zero-order chi connectivity index (χ0) is 18.7. The molecule has 1 saturated heterocycles. The van der Waals surface area contributed by atoms with Crippen LogP contribution >= 0.6 is 23.2 Å². The second-order valence-corrected chi connectivity index (χ2v) is 7.40. The molecular weight excluding hydrogens is 371 g/mol. The summed E-state index contributed by atoms with van der Waals surface area (Å²) in [4.78, 5) is 17.2. The fourth-order valence-electron chi connectivity index (χ4n) is 3.34. The largest absolute Gasteiger partial charge is 0.336 e. The van der Waals surface area contributed by atoms with Crippen molar-refractivity contribution in [3.05, 3.63) is 51.3 Å². The van der Waals surface area contributed by atoms with Gasteiger partial charge in [0.05, 0.1) is 17.8 Å². The molecule has 0 spiro atoms. The molecule has 7 heteroatoms. The molecule has 140 valence electrons. The van der Waals surface area contributed by atoms with Gasteiger partial charge in [-0.05, 0) is 31.5 Å². The Morgan fingerprint density at radius 3 is 2.50 bits per heavy atom. The van der Waals surface area contributed by atoms with Crippen molar-refractivity contribution in [2.75, 3.05) is 32.7 Å². The molecule has 1 aromatic heterocycles. The van der Waals surface area contributed by atoms with Gasteiger partial charge in [0.2, 0.25) is 0 Å². The average Bonchev–Trinajstić information content (AvgIpc) is 2.91. The number of carbonyl (C=O) groups is 1.